The van der Waals surface area contributed by atoms with E-state index in [0.717, 1.165) is 22.1 Å². The van der Waals surface area contributed by atoms with Gasteiger partial charge in [-0.05, 0) is 43.2 Å². The van der Waals surface area contributed by atoms with Crippen molar-refractivity contribution in [3.63, 3.8) is 0 Å². The third-order valence-corrected chi connectivity index (χ3v) is 3.87. The fourth-order valence-corrected chi connectivity index (χ4v) is 2.46. The van der Waals surface area contributed by atoms with E-state index in [1.54, 1.807) is 24.3 Å². The van der Waals surface area contributed by atoms with Crippen molar-refractivity contribution in [2.75, 3.05) is 0 Å². The normalized spacial score (nSPS) is 10.5. The highest BCUT2D eigenvalue weighted by Crippen LogP contribution is 2.24. The Morgan fingerprint density at radius 1 is 1.17 bits per heavy atom. The quantitative estimate of drug-likeness (QED) is 0.689. The van der Waals surface area contributed by atoms with Gasteiger partial charge in [-0.15, -0.1) is 0 Å². The molecule has 0 fully saturated rings. The Morgan fingerprint density at radius 3 is 2.78 bits per heavy atom. The van der Waals surface area contributed by atoms with E-state index in [0.29, 0.717) is 16.9 Å². The molecule has 0 aliphatic rings. The summed E-state index contributed by atoms with van der Waals surface area (Å²) in [6.07, 6.45) is 0. The van der Waals surface area contributed by atoms with Crippen molar-refractivity contribution in [3.8, 4) is 11.8 Å². The Bertz CT molecular complexity index is 980. The van der Waals surface area contributed by atoms with Gasteiger partial charge < -0.3 is 9.15 Å². The van der Waals surface area contributed by atoms with Gasteiger partial charge in [0, 0.05) is 17.0 Å². The van der Waals surface area contributed by atoms with Gasteiger partial charge in [0.1, 0.15) is 17.9 Å². The molecule has 0 bridgehead atoms. The summed E-state index contributed by atoms with van der Waals surface area (Å²) in [5, 5.41) is 9.79. The molecule has 0 atom stereocenters. The molecule has 0 unspecified atom stereocenters. The Balaban J connectivity index is 1.98. The number of fused-ring (bicyclic) bond motifs is 1. The molecule has 1 aromatic heterocycles. The van der Waals surface area contributed by atoms with Crippen LogP contribution in [0.15, 0.2) is 51.7 Å². The van der Waals surface area contributed by atoms with Gasteiger partial charge in [0.2, 0.25) is 0 Å². The zero-order valence-electron chi connectivity index (χ0n) is 12.9. The number of aryl methyl sites for hydroxylation is 2. The Morgan fingerprint density at radius 2 is 2.00 bits per heavy atom. The fraction of sp³-hybridized carbons (Fsp3) is 0.158. The van der Waals surface area contributed by atoms with Crippen LogP contribution in [0, 0.1) is 25.2 Å². The highest BCUT2D eigenvalue weighted by molar-refractivity contribution is 5.83. The number of nitriles is 1. The number of benzene rings is 2. The van der Waals surface area contributed by atoms with Crippen molar-refractivity contribution in [2.24, 2.45) is 0 Å². The molecule has 0 spiro atoms. The third-order valence-electron chi connectivity index (χ3n) is 3.87. The van der Waals surface area contributed by atoms with Crippen LogP contribution in [0.5, 0.6) is 5.75 Å². The average Bonchev–Trinajstić information content (AvgIpc) is 2.56. The van der Waals surface area contributed by atoms with Gasteiger partial charge in [0.15, 0.2) is 0 Å². The first-order chi connectivity index (χ1) is 11.1. The minimum atomic E-state index is -0.393. The van der Waals surface area contributed by atoms with E-state index in [9.17, 15) is 4.79 Å². The Hall–Kier alpha value is -3.06. The molecule has 23 heavy (non-hydrogen) atoms. The molecule has 3 rings (SSSR count). The average molecular weight is 305 g/mol. The van der Waals surface area contributed by atoms with Crippen LogP contribution in [0.3, 0.4) is 0 Å². The van der Waals surface area contributed by atoms with Gasteiger partial charge in [-0.25, -0.2) is 4.79 Å². The highest BCUT2D eigenvalue weighted by atomic mass is 16.5. The zero-order valence-corrected chi connectivity index (χ0v) is 12.9. The molecular weight excluding hydrogens is 290 g/mol. The second-order valence-electron chi connectivity index (χ2n) is 5.40. The number of rotatable bonds is 3. The maximum absolute atomic E-state index is 11.8. The fourth-order valence-electron chi connectivity index (χ4n) is 2.46. The summed E-state index contributed by atoms with van der Waals surface area (Å²) in [5.74, 6) is 0.592. The molecule has 0 saturated heterocycles. The summed E-state index contributed by atoms with van der Waals surface area (Å²) in [4.78, 5) is 11.8. The molecule has 4 nitrogen and oxygen atoms in total. The standard InChI is InChI=1S/C19H15NO3/c1-12-6-7-17-15(9-18(21)23-19(17)13(12)2)11-22-16-5-3-4-14(8-16)10-20/h3-9H,11H2,1-2H3. The van der Waals surface area contributed by atoms with Crippen LogP contribution in [0.25, 0.3) is 11.0 Å². The lowest BCUT2D eigenvalue weighted by Gasteiger charge is -2.10. The van der Waals surface area contributed by atoms with Crippen molar-refractivity contribution in [2.45, 2.75) is 20.5 Å². The largest absolute Gasteiger partial charge is 0.489 e. The molecule has 114 valence electrons. The van der Waals surface area contributed by atoms with Crippen molar-refractivity contribution >= 4 is 11.0 Å². The first kappa shape index (κ1) is 14.9. The predicted molar refractivity (Wildman–Crippen MR) is 87.4 cm³/mol. The number of hydrogen-bond donors (Lipinski definition) is 0. The SMILES string of the molecule is Cc1ccc2c(COc3cccc(C#N)c3)cc(=O)oc2c1C. The van der Waals surface area contributed by atoms with Crippen molar-refractivity contribution in [1.82, 2.24) is 0 Å². The topological polar surface area (TPSA) is 63.2 Å². The lowest BCUT2D eigenvalue weighted by molar-refractivity contribution is 0.306. The summed E-state index contributed by atoms with van der Waals surface area (Å²) >= 11 is 0. The van der Waals surface area contributed by atoms with Gasteiger partial charge in [-0.3, -0.25) is 0 Å². The van der Waals surface area contributed by atoms with Gasteiger partial charge in [-0.2, -0.15) is 5.26 Å². The van der Waals surface area contributed by atoms with E-state index < -0.39 is 5.63 Å². The zero-order chi connectivity index (χ0) is 16.4. The molecule has 1 heterocycles. The van der Waals surface area contributed by atoms with E-state index in [-0.39, 0.29) is 6.61 Å². The summed E-state index contributed by atoms with van der Waals surface area (Å²) < 4.78 is 11.1. The molecule has 0 saturated carbocycles. The maximum Gasteiger partial charge on any atom is 0.336 e. The van der Waals surface area contributed by atoms with Crippen LogP contribution < -0.4 is 10.4 Å². The Labute approximate surface area is 133 Å². The van der Waals surface area contributed by atoms with Gasteiger partial charge in [0.05, 0.1) is 11.6 Å². The van der Waals surface area contributed by atoms with Crippen molar-refractivity contribution < 1.29 is 9.15 Å². The summed E-state index contributed by atoms with van der Waals surface area (Å²) in [6, 6.07) is 14.4. The Kier molecular flexibility index (Phi) is 3.86. The van der Waals surface area contributed by atoms with E-state index in [2.05, 4.69) is 6.07 Å². The van der Waals surface area contributed by atoms with Crippen LogP contribution in [-0.4, -0.2) is 0 Å². The minimum absolute atomic E-state index is 0.236. The minimum Gasteiger partial charge on any atom is -0.489 e. The lowest BCUT2D eigenvalue weighted by Crippen LogP contribution is -2.05. The summed E-state index contributed by atoms with van der Waals surface area (Å²) in [7, 11) is 0. The molecule has 0 amide bonds. The van der Waals surface area contributed by atoms with Crippen LogP contribution in [0.2, 0.25) is 0 Å². The number of nitrogens with zero attached hydrogens (tertiary/aromatic N) is 1. The highest BCUT2D eigenvalue weighted by Gasteiger charge is 2.10. The van der Waals surface area contributed by atoms with E-state index in [1.165, 1.54) is 6.07 Å². The lowest BCUT2D eigenvalue weighted by atomic mass is 10.0. The number of hydrogen-bond acceptors (Lipinski definition) is 4. The molecule has 0 aliphatic carbocycles. The van der Waals surface area contributed by atoms with Gasteiger partial charge in [0.25, 0.3) is 0 Å². The second kappa shape index (κ2) is 5.98. The van der Waals surface area contributed by atoms with Gasteiger partial charge in [-0.1, -0.05) is 18.2 Å². The van der Waals surface area contributed by atoms with E-state index in [1.807, 2.05) is 26.0 Å². The van der Waals surface area contributed by atoms with Crippen LogP contribution in [0.1, 0.15) is 22.3 Å². The molecule has 0 aliphatic heterocycles. The molecule has 4 heteroatoms. The summed E-state index contributed by atoms with van der Waals surface area (Å²) in [6.45, 7) is 4.15. The van der Waals surface area contributed by atoms with Gasteiger partial charge >= 0.3 is 5.63 Å². The second-order valence-corrected chi connectivity index (χ2v) is 5.40. The smallest absolute Gasteiger partial charge is 0.336 e. The molecular formula is C19H15NO3. The molecule has 3 aromatic rings. The monoisotopic (exact) mass is 305 g/mol. The van der Waals surface area contributed by atoms with Crippen LogP contribution in [-0.2, 0) is 6.61 Å². The first-order valence-electron chi connectivity index (χ1n) is 7.24. The molecule has 0 radical (unpaired) electrons. The van der Waals surface area contributed by atoms with Crippen LogP contribution in [0.4, 0.5) is 0 Å². The van der Waals surface area contributed by atoms with E-state index >= 15 is 0 Å². The number of ether oxygens (including phenoxy) is 1. The van der Waals surface area contributed by atoms with E-state index in [4.69, 9.17) is 14.4 Å². The van der Waals surface area contributed by atoms with Crippen molar-refractivity contribution in [1.29, 1.82) is 5.26 Å². The summed E-state index contributed by atoms with van der Waals surface area (Å²) in [5.41, 5.74) is 3.53. The first-order valence-corrected chi connectivity index (χ1v) is 7.24. The van der Waals surface area contributed by atoms with Crippen LogP contribution >= 0.6 is 0 Å². The molecule has 0 N–H and O–H groups in total. The molecule has 2 aromatic carbocycles. The third kappa shape index (κ3) is 2.95. The maximum atomic E-state index is 11.8. The predicted octanol–water partition coefficient (Wildman–Crippen LogP) is 3.86. The van der Waals surface area contributed by atoms with Crippen molar-refractivity contribution in [3.05, 3.63) is 75.1 Å².